The number of nitrogens with one attached hydrogen (secondary N) is 1. The molecule has 0 bridgehead atoms. The maximum absolute atomic E-state index is 13.8. The Bertz CT molecular complexity index is 492. The fourth-order valence-corrected chi connectivity index (χ4v) is 2.57. The van der Waals surface area contributed by atoms with Gasteiger partial charge in [-0.1, -0.05) is 60.7 Å². The molecule has 20 heavy (non-hydrogen) atoms. The van der Waals surface area contributed by atoms with E-state index in [0.717, 1.165) is 11.1 Å². The lowest BCUT2D eigenvalue weighted by molar-refractivity contribution is 0.172. The first-order valence-corrected chi connectivity index (χ1v) is 6.92. The highest BCUT2D eigenvalue weighted by Crippen LogP contribution is 2.24. The molecule has 1 heterocycles. The number of benzene rings is 2. The van der Waals surface area contributed by atoms with Crippen molar-refractivity contribution in [2.45, 2.75) is 18.3 Å². The van der Waals surface area contributed by atoms with Gasteiger partial charge in [-0.15, -0.1) is 0 Å². The summed E-state index contributed by atoms with van der Waals surface area (Å²) in [5, 5.41) is 3.40. The Balaban J connectivity index is 1.88. The van der Waals surface area contributed by atoms with Gasteiger partial charge in [-0.25, -0.2) is 4.39 Å². The van der Waals surface area contributed by atoms with Crippen LogP contribution in [0.1, 0.15) is 17.2 Å². The zero-order chi connectivity index (χ0) is 13.8. The van der Waals surface area contributed by atoms with Crippen molar-refractivity contribution in [2.75, 3.05) is 13.2 Å². The van der Waals surface area contributed by atoms with Gasteiger partial charge in [0.15, 0.2) is 0 Å². The largest absolute Gasteiger partial charge is 0.377 e. The predicted octanol–water partition coefficient (Wildman–Crippen LogP) is 3.10. The van der Waals surface area contributed by atoms with Crippen molar-refractivity contribution in [3.63, 3.8) is 0 Å². The lowest BCUT2D eigenvalue weighted by Crippen LogP contribution is -2.39. The van der Waals surface area contributed by atoms with Crippen LogP contribution in [0.2, 0.25) is 0 Å². The van der Waals surface area contributed by atoms with Crippen LogP contribution in [0, 0.1) is 0 Å². The molecule has 2 atom stereocenters. The van der Waals surface area contributed by atoms with Gasteiger partial charge in [0.25, 0.3) is 0 Å². The summed E-state index contributed by atoms with van der Waals surface area (Å²) in [4.78, 5) is 0. The molecule has 0 amide bonds. The van der Waals surface area contributed by atoms with Crippen molar-refractivity contribution in [1.82, 2.24) is 5.32 Å². The van der Waals surface area contributed by atoms with Crippen LogP contribution in [0.3, 0.4) is 0 Å². The third-order valence-corrected chi connectivity index (χ3v) is 3.66. The van der Waals surface area contributed by atoms with Crippen LogP contribution >= 0.6 is 0 Å². The molecule has 3 heteroatoms. The first-order chi connectivity index (χ1) is 9.84. The highest BCUT2D eigenvalue weighted by atomic mass is 19.1. The molecule has 0 spiro atoms. The van der Waals surface area contributed by atoms with E-state index in [0.29, 0.717) is 6.61 Å². The average Bonchev–Trinajstić information content (AvgIpc) is 2.92. The molecule has 1 aliphatic rings. The van der Waals surface area contributed by atoms with Crippen LogP contribution in [0.5, 0.6) is 0 Å². The molecule has 2 aromatic rings. The molecule has 0 saturated carbocycles. The molecular weight excluding hydrogens is 253 g/mol. The minimum absolute atomic E-state index is 0.0117. The second-order valence-electron chi connectivity index (χ2n) is 5.08. The van der Waals surface area contributed by atoms with Gasteiger partial charge < -0.3 is 4.74 Å². The van der Waals surface area contributed by atoms with Crippen molar-refractivity contribution in [3.8, 4) is 0 Å². The minimum Gasteiger partial charge on any atom is -0.377 e. The van der Waals surface area contributed by atoms with Crippen molar-refractivity contribution in [1.29, 1.82) is 0 Å². The fraction of sp³-hybridized carbons (Fsp3) is 0.294. The molecule has 1 fully saturated rings. The Morgan fingerprint density at radius 2 is 1.45 bits per heavy atom. The summed E-state index contributed by atoms with van der Waals surface area (Å²) in [6, 6.07) is 20.0. The first-order valence-electron chi connectivity index (χ1n) is 6.92. The van der Waals surface area contributed by atoms with E-state index in [1.165, 1.54) is 0 Å². The van der Waals surface area contributed by atoms with Gasteiger partial charge in [0.2, 0.25) is 0 Å². The van der Waals surface area contributed by atoms with Crippen LogP contribution in [0.25, 0.3) is 0 Å². The van der Waals surface area contributed by atoms with Crippen LogP contribution in [0.15, 0.2) is 60.7 Å². The van der Waals surface area contributed by atoms with E-state index in [1.807, 2.05) is 36.4 Å². The smallest absolute Gasteiger partial charge is 0.141 e. The third-order valence-electron chi connectivity index (χ3n) is 3.66. The van der Waals surface area contributed by atoms with E-state index >= 15 is 0 Å². The van der Waals surface area contributed by atoms with Crippen LogP contribution in [-0.4, -0.2) is 25.4 Å². The number of hydrogen-bond donors (Lipinski definition) is 1. The summed E-state index contributed by atoms with van der Waals surface area (Å²) in [7, 11) is 0. The zero-order valence-corrected chi connectivity index (χ0v) is 11.2. The van der Waals surface area contributed by atoms with Gasteiger partial charge in [0.1, 0.15) is 6.17 Å². The summed E-state index contributed by atoms with van der Waals surface area (Å²) in [6.45, 7) is 0.616. The lowest BCUT2D eigenvalue weighted by atomic mass is 9.97. The molecule has 0 radical (unpaired) electrons. The predicted molar refractivity (Wildman–Crippen MR) is 77.4 cm³/mol. The van der Waals surface area contributed by atoms with E-state index in [-0.39, 0.29) is 18.7 Å². The van der Waals surface area contributed by atoms with Crippen molar-refractivity contribution in [2.24, 2.45) is 0 Å². The summed E-state index contributed by atoms with van der Waals surface area (Å²) in [5.74, 6) is 0. The molecular formula is C17H18FNO. The van der Waals surface area contributed by atoms with Gasteiger partial charge in [0.05, 0.1) is 25.3 Å². The van der Waals surface area contributed by atoms with Gasteiger partial charge in [-0.2, -0.15) is 0 Å². The maximum atomic E-state index is 13.8. The number of hydrogen-bond acceptors (Lipinski definition) is 2. The number of alkyl halides is 1. The van der Waals surface area contributed by atoms with Crippen LogP contribution < -0.4 is 5.32 Å². The Kier molecular flexibility index (Phi) is 4.09. The number of ether oxygens (including phenoxy) is 1. The normalized spacial score (nSPS) is 22.3. The van der Waals surface area contributed by atoms with Crippen LogP contribution in [0.4, 0.5) is 4.39 Å². The molecule has 104 valence electrons. The van der Waals surface area contributed by atoms with Crippen LogP contribution in [-0.2, 0) is 4.74 Å². The highest BCUT2D eigenvalue weighted by Gasteiger charge is 2.30. The number of rotatable bonds is 4. The summed E-state index contributed by atoms with van der Waals surface area (Å²) < 4.78 is 19.0. The van der Waals surface area contributed by atoms with E-state index in [9.17, 15) is 4.39 Å². The Morgan fingerprint density at radius 3 is 1.90 bits per heavy atom. The molecule has 2 unspecified atom stereocenters. The molecule has 0 aromatic heterocycles. The SMILES string of the molecule is FC1COCC1NC(c1ccccc1)c1ccccc1. The molecule has 2 nitrogen and oxygen atoms in total. The standard InChI is InChI=1S/C17H18FNO/c18-15-11-20-12-16(15)19-17(13-7-3-1-4-8-13)14-9-5-2-6-10-14/h1-10,15-17,19H,11-12H2. The van der Waals surface area contributed by atoms with Gasteiger partial charge in [0, 0.05) is 0 Å². The number of halogens is 1. The summed E-state index contributed by atoms with van der Waals surface area (Å²) in [6.07, 6.45) is -0.940. The topological polar surface area (TPSA) is 21.3 Å². The quantitative estimate of drug-likeness (QED) is 0.922. The summed E-state index contributed by atoms with van der Waals surface area (Å²) in [5.41, 5.74) is 2.27. The van der Waals surface area contributed by atoms with Crippen molar-refractivity contribution in [3.05, 3.63) is 71.8 Å². The van der Waals surface area contributed by atoms with E-state index in [2.05, 4.69) is 29.6 Å². The second-order valence-corrected chi connectivity index (χ2v) is 5.08. The summed E-state index contributed by atoms with van der Waals surface area (Å²) >= 11 is 0. The third kappa shape index (κ3) is 2.89. The van der Waals surface area contributed by atoms with Gasteiger partial charge in [-0.3, -0.25) is 5.32 Å². The molecule has 1 aliphatic heterocycles. The minimum atomic E-state index is -0.940. The lowest BCUT2D eigenvalue weighted by Gasteiger charge is -2.24. The van der Waals surface area contributed by atoms with Gasteiger partial charge >= 0.3 is 0 Å². The molecule has 2 aromatic carbocycles. The highest BCUT2D eigenvalue weighted by molar-refractivity contribution is 5.31. The fourth-order valence-electron chi connectivity index (χ4n) is 2.57. The van der Waals surface area contributed by atoms with Gasteiger partial charge in [-0.05, 0) is 11.1 Å². The average molecular weight is 271 g/mol. The maximum Gasteiger partial charge on any atom is 0.141 e. The molecule has 0 aliphatic carbocycles. The monoisotopic (exact) mass is 271 g/mol. The Labute approximate surface area is 118 Å². The Morgan fingerprint density at radius 1 is 0.900 bits per heavy atom. The second kappa shape index (κ2) is 6.16. The molecule has 3 rings (SSSR count). The zero-order valence-electron chi connectivity index (χ0n) is 11.2. The Hall–Kier alpha value is -1.71. The van der Waals surface area contributed by atoms with Crippen molar-refractivity contribution < 1.29 is 9.13 Å². The first kappa shape index (κ1) is 13.3. The van der Waals surface area contributed by atoms with Crippen molar-refractivity contribution >= 4 is 0 Å². The van der Waals surface area contributed by atoms with E-state index in [1.54, 1.807) is 0 Å². The van der Waals surface area contributed by atoms with E-state index < -0.39 is 6.17 Å². The molecule has 1 saturated heterocycles. The van der Waals surface area contributed by atoms with E-state index in [4.69, 9.17) is 4.74 Å². The molecule has 1 N–H and O–H groups in total.